The van der Waals surface area contributed by atoms with Crippen LogP contribution in [0, 0.1) is 0 Å². The fraction of sp³-hybridized carbons (Fsp3) is 0.0476. The number of Topliss-reactive ketones (excluding diaryl/α,β-unsaturated/α-hetero) is 1. The smallest absolute Gasteiger partial charge is 0.343 e. The highest BCUT2D eigenvalue weighted by molar-refractivity contribution is 9.10. The molecular weight excluding hydrogens is 396 g/mol. The SMILES string of the molecule is O=C(COc1ccc(Br)cc1)c1ccc(OC(=O)c2ccccc2)cc1. The van der Waals surface area contributed by atoms with Crippen LogP contribution in [0.4, 0.5) is 0 Å². The van der Waals surface area contributed by atoms with Crippen LogP contribution in [-0.2, 0) is 0 Å². The van der Waals surface area contributed by atoms with E-state index in [1.807, 2.05) is 18.2 Å². The Labute approximate surface area is 159 Å². The molecule has 3 aromatic rings. The first-order valence-corrected chi connectivity index (χ1v) is 8.70. The molecule has 0 aliphatic rings. The summed E-state index contributed by atoms with van der Waals surface area (Å²) in [6.07, 6.45) is 0. The van der Waals surface area contributed by atoms with E-state index >= 15 is 0 Å². The van der Waals surface area contributed by atoms with Gasteiger partial charge in [0.15, 0.2) is 12.4 Å². The van der Waals surface area contributed by atoms with Crippen LogP contribution in [0.3, 0.4) is 0 Å². The minimum atomic E-state index is -0.441. The zero-order chi connectivity index (χ0) is 18.4. The van der Waals surface area contributed by atoms with Crippen LogP contribution >= 0.6 is 15.9 Å². The van der Waals surface area contributed by atoms with E-state index in [9.17, 15) is 9.59 Å². The summed E-state index contributed by atoms with van der Waals surface area (Å²) >= 11 is 3.34. The van der Waals surface area contributed by atoms with Gasteiger partial charge in [0.05, 0.1) is 5.56 Å². The lowest BCUT2D eigenvalue weighted by Gasteiger charge is -2.07. The third-order valence-electron chi connectivity index (χ3n) is 3.58. The first-order chi connectivity index (χ1) is 12.6. The topological polar surface area (TPSA) is 52.6 Å². The van der Waals surface area contributed by atoms with Gasteiger partial charge in [-0.1, -0.05) is 34.1 Å². The number of esters is 1. The van der Waals surface area contributed by atoms with Crippen LogP contribution in [-0.4, -0.2) is 18.4 Å². The van der Waals surface area contributed by atoms with E-state index in [-0.39, 0.29) is 12.4 Å². The summed E-state index contributed by atoms with van der Waals surface area (Å²) < 4.78 is 11.7. The van der Waals surface area contributed by atoms with Gasteiger partial charge in [-0.2, -0.15) is 0 Å². The van der Waals surface area contributed by atoms with E-state index < -0.39 is 5.97 Å². The third kappa shape index (κ3) is 4.80. The lowest BCUT2D eigenvalue weighted by Crippen LogP contribution is -2.12. The summed E-state index contributed by atoms with van der Waals surface area (Å²) in [5, 5.41) is 0. The normalized spacial score (nSPS) is 10.2. The van der Waals surface area contributed by atoms with Crippen molar-refractivity contribution in [3.05, 3.63) is 94.5 Å². The van der Waals surface area contributed by atoms with Crippen LogP contribution in [0.25, 0.3) is 0 Å². The minimum Gasteiger partial charge on any atom is -0.485 e. The minimum absolute atomic E-state index is 0.0647. The number of halogens is 1. The first kappa shape index (κ1) is 17.9. The van der Waals surface area contributed by atoms with E-state index in [4.69, 9.17) is 9.47 Å². The molecule has 0 heterocycles. The highest BCUT2D eigenvalue weighted by atomic mass is 79.9. The van der Waals surface area contributed by atoms with Gasteiger partial charge in [0.25, 0.3) is 0 Å². The van der Waals surface area contributed by atoms with Gasteiger partial charge in [-0.05, 0) is 60.7 Å². The van der Waals surface area contributed by atoms with Crippen molar-refractivity contribution >= 4 is 27.7 Å². The summed E-state index contributed by atoms with van der Waals surface area (Å²) in [6, 6.07) is 22.4. The summed E-state index contributed by atoms with van der Waals surface area (Å²) in [5.41, 5.74) is 0.956. The number of hydrogen-bond donors (Lipinski definition) is 0. The second-order valence-electron chi connectivity index (χ2n) is 5.45. The molecule has 130 valence electrons. The maximum absolute atomic E-state index is 12.2. The van der Waals surface area contributed by atoms with Crippen molar-refractivity contribution in [2.24, 2.45) is 0 Å². The summed E-state index contributed by atoms with van der Waals surface area (Å²) in [5.74, 6) is 0.399. The van der Waals surface area contributed by atoms with Crippen molar-refractivity contribution in [3.8, 4) is 11.5 Å². The van der Waals surface area contributed by atoms with Crippen LogP contribution in [0.5, 0.6) is 11.5 Å². The first-order valence-electron chi connectivity index (χ1n) is 7.91. The maximum atomic E-state index is 12.2. The lowest BCUT2D eigenvalue weighted by atomic mass is 10.1. The largest absolute Gasteiger partial charge is 0.485 e. The Morgan fingerprint density at radius 3 is 2.00 bits per heavy atom. The van der Waals surface area contributed by atoms with Crippen LogP contribution in [0.15, 0.2) is 83.3 Å². The van der Waals surface area contributed by atoms with Crippen molar-refractivity contribution in [2.45, 2.75) is 0 Å². The molecule has 0 saturated heterocycles. The number of carbonyl (C=O) groups excluding carboxylic acids is 2. The van der Waals surface area contributed by atoms with Crippen molar-refractivity contribution in [1.29, 1.82) is 0 Å². The predicted molar refractivity (Wildman–Crippen MR) is 102 cm³/mol. The summed E-state index contributed by atoms with van der Waals surface area (Å²) in [6.45, 7) is -0.0647. The Bertz CT molecular complexity index is 888. The molecule has 0 saturated carbocycles. The number of benzene rings is 3. The average Bonchev–Trinajstić information content (AvgIpc) is 2.68. The van der Waals surface area contributed by atoms with E-state index in [2.05, 4.69) is 15.9 Å². The number of ether oxygens (including phenoxy) is 2. The Morgan fingerprint density at radius 1 is 0.731 bits per heavy atom. The Kier molecular flexibility index (Phi) is 5.81. The predicted octanol–water partition coefficient (Wildman–Crippen LogP) is 4.93. The maximum Gasteiger partial charge on any atom is 0.343 e. The van der Waals surface area contributed by atoms with Gasteiger partial charge >= 0.3 is 5.97 Å². The molecular formula is C21H15BrO4. The summed E-state index contributed by atoms with van der Waals surface area (Å²) in [7, 11) is 0. The molecule has 26 heavy (non-hydrogen) atoms. The highest BCUT2D eigenvalue weighted by Gasteiger charge is 2.10. The van der Waals surface area contributed by atoms with Gasteiger partial charge < -0.3 is 9.47 Å². The molecule has 0 amide bonds. The highest BCUT2D eigenvalue weighted by Crippen LogP contribution is 2.18. The van der Waals surface area contributed by atoms with Gasteiger partial charge in [0.1, 0.15) is 11.5 Å². The Balaban J connectivity index is 1.57. The molecule has 0 fully saturated rings. The van der Waals surface area contributed by atoms with Gasteiger partial charge in [0.2, 0.25) is 0 Å². The fourth-order valence-corrected chi connectivity index (χ4v) is 2.48. The van der Waals surface area contributed by atoms with E-state index in [0.717, 1.165) is 4.47 Å². The zero-order valence-electron chi connectivity index (χ0n) is 13.7. The molecule has 0 radical (unpaired) electrons. The van der Waals surface area contributed by atoms with Crippen LogP contribution in [0.2, 0.25) is 0 Å². The molecule has 0 N–H and O–H groups in total. The molecule has 3 aromatic carbocycles. The van der Waals surface area contributed by atoms with E-state index in [1.165, 1.54) is 0 Å². The van der Waals surface area contributed by atoms with Crippen molar-refractivity contribution < 1.29 is 19.1 Å². The molecule has 0 aromatic heterocycles. The number of ketones is 1. The van der Waals surface area contributed by atoms with Crippen LogP contribution in [0.1, 0.15) is 20.7 Å². The summed E-state index contributed by atoms with van der Waals surface area (Å²) in [4.78, 5) is 24.2. The zero-order valence-corrected chi connectivity index (χ0v) is 15.3. The molecule has 5 heteroatoms. The standard InChI is InChI=1S/C21H15BrO4/c22-17-8-12-18(13-9-17)25-14-20(23)15-6-10-19(11-7-15)26-21(24)16-4-2-1-3-5-16/h1-13H,14H2. The Hall–Kier alpha value is -2.92. The second-order valence-corrected chi connectivity index (χ2v) is 6.36. The van der Waals surface area contributed by atoms with E-state index in [1.54, 1.807) is 60.7 Å². The molecule has 0 spiro atoms. The molecule has 0 atom stereocenters. The quantitative estimate of drug-likeness (QED) is 0.328. The Morgan fingerprint density at radius 2 is 1.35 bits per heavy atom. The molecule has 3 rings (SSSR count). The molecule has 4 nitrogen and oxygen atoms in total. The van der Waals surface area contributed by atoms with Crippen molar-refractivity contribution in [2.75, 3.05) is 6.61 Å². The van der Waals surface area contributed by atoms with E-state index in [0.29, 0.717) is 22.6 Å². The van der Waals surface area contributed by atoms with Crippen molar-refractivity contribution in [3.63, 3.8) is 0 Å². The average molecular weight is 411 g/mol. The van der Waals surface area contributed by atoms with Gasteiger partial charge in [-0.3, -0.25) is 4.79 Å². The molecule has 0 unspecified atom stereocenters. The fourth-order valence-electron chi connectivity index (χ4n) is 2.21. The molecule has 0 aliphatic carbocycles. The third-order valence-corrected chi connectivity index (χ3v) is 4.11. The van der Waals surface area contributed by atoms with Gasteiger partial charge in [0, 0.05) is 10.0 Å². The molecule has 0 bridgehead atoms. The lowest BCUT2D eigenvalue weighted by molar-refractivity contribution is 0.0734. The second kappa shape index (κ2) is 8.45. The van der Waals surface area contributed by atoms with Crippen molar-refractivity contribution in [1.82, 2.24) is 0 Å². The van der Waals surface area contributed by atoms with Gasteiger partial charge in [-0.15, -0.1) is 0 Å². The number of hydrogen-bond acceptors (Lipinski definition) is 4. The number of carbonyl (C=O) groups is 2. The monoisotopic (exact) mass is 410 g/mol. The number of rotatable bonds is 6. The van der Waals surface area contributed by atoms with Crippen LogP contribution < -0.4 is 9.47 Å². The van der Waals surface area contributed by atoms with Gasteiger partial charge in [-0.25, -0.2) is 4.79 Å². The molecule has 0 aliphatic heterocycles.